The van der Waals surface area contributed by atoms with Gasteiger partial charge in [0.1, 0.15) is 5.75 Å². The summed E-state index contributed by atoms with van der Waals surface area (Å²) < 4.78 is 5.45. The molecule has 0 aromatic heterocycles. The van der Waals surface area contributed by atoms with Crippen LogP contribution in [0, 0.1) is 13.8 Å². The minimum atomic E-state index is -0.293. The van der Waals surface area contributed by atoms with E-state index in [0.717, 1.165) is 30.5 Å². The van der Waals surface area contributed by atoms with Gasteiger partial charge in [-0.3, -0.25) is 0 Å². The van der Waals surface area contributed by atoms with E-state index in [1.807, 2.05) is 32.0 Å². The molecular weight excluding hydrogens is 228 g/mol. The second-order valence-electron chi connectivity index (χ2n) is 4.91. The van der Waals surface area contributed by atoms with Crippen molar-refractivity contribution in [3.63, 3.8) is 0 Å². The highest BCUT2D eigenvalue weighted by molar-refractivity contribution is 5.71. The third-order valence-corrected chi connectivity index (χ3v) is 3.47. The minimum Gasteiger partial charge on any atom is -0.410 e. The second kappa shape index (κ2) is 5.40. The molecule has 1 atom stereocenters. The number of amides is 1. The van der Waals surface area contributed by atoms with Gasteiger partial charge in [-0.1, -0.05) is 12.1 Å². The molecule has 1 unspecified atom stereocenters. The minimum absolute atomic E-state index is 0.0740. The molecule has 1 fully saturated rings. The Bertz CT molecular complexity index is 445. The van der Waals surface area contributed by atoms with Crippen molar-refractivity contribution in [2.45, 2.75) is 32.7 Å². The zero-order valence-corrected chi connectivity index (χ0v) is 11.0. The van der Waals surface area contributed by atoms with Crippen LogP contribution < -0.4 is 10.5 Å². The van der Waals surface area contributed by atoms with E-state index in [9.17, 15) is 4.79 Å². The molecule has 0 saturated carbocycles. The number of aryl methyl sites for hydroxylation is 1. The van der Waals surface area contributed by atoms with Crippen LogP contribution in [-0.4, -0.2) is 30.1 Å². The van der Waals surface area contributed by atoms with Crippen LogP contribution in [0.25, 0.3) is 0 Å². The molecule has 1 aromatic rings. The average Bonchev–Trinajstić information content (AvgIpc) is 2.35. The van der Waals surface area contributed by atoms with Gasteiger partial charge in [0.25, 0.3) is 0 Å². The average molecular weight is 248 g/mol. The van der Waals surface area contributed by atoms with E-state index in [0.29, 0.717) is 12.3 Å². The molecule has 18 heavy (non-hydrogen) atoms. The number of likely N-dealkylation sites (tertiary alicyclic amines) is 1. The summed E-state index contributed by atoms with van der Waals surface area (Å²) >= 11 is 0. The topological polar surface area (TPSA) is 55.6 Å². The first-order valence-electron chi connectivity index (χ1n) is 6.36. The lowest BCUT2D eigenvalue weighted by molar-refractivity contribution is 0.137. The largest absolute Gasteiger partial charge is 0.415 e. The Labute approximate surface area is 108 Å². The zero-order valence-electron chi connectivity index (χ0n) is 11.0. The molecule has 0 bridgehead atoms. The molecule has 1 aromatic carbocycles. The smallest absolute Gasteiger partial charge is 0.410 e. The summed E-state index contributed by atoms with van der Waals surface area (Å²) in [5.74, 6) is 0.638. The third kappa shape index (κ3) is 2.82. The molecule has 2 rings (SSSR count). The lowest BCUT2D eigenvalue weighted by atomic mass is 10.1. The molecule has 0 aliphatic carbocycles. The van der Waals surface area contributed by atoms with Gasteiger partial charge >= 0.3 is 6.09 Å². The van der Waals surface area contributed by atoms with Gasteiger partial charge in [0.15, 0.2) is 0 Å². The standard InChI is InChI=1S/C14H20N2O2/c1-10-5-3-7-13(11(10)2)18-14(17)16-8-4-6-12(15)9-16/h3,5,7,12H,4,6,8-9,15H2,1-2H3. The fourth-order valence-electron chi connectivity index (χ4n) is 2.17. The molecule has 1 aliphatic rings. The number of nitrogens with zero attached hydrogens (tertiary/aromatic N) is 1. The van der Waals surface area contributed by atoms with Crippen LogP contribution in [0.3, 0.4) is 0 Å². The van der Waals surface area contributed by atoms with Crippen molar-refractivity contribution in [3.8, 4) is 5.75 Å². The summed E-state index contributed by atoms with van der Waals surface area (Å²) in [6.45, 7) is 5.28. The van der Waals surface area contributed by atoms with Gasteiger partial charge in [-0.15, -0.1) is 0 Å². The Balaban J connectivity index is 2.04. The molecule has 1 amide bonds. The first-order valence-corrected chi connectivity index (χ1v) is 6.36. The van der Waals surface area contributed by atoms with Crippen LogP contribution >= 0.6 is 0 Å². The van der Waals surface area contributed by atoms with Crippen LogP contribution in [0.4, 0.5) is 4.79 Å². The number of rotatable bonds is 1. The maximum atomic E-state index is 12.0. The maximum Gasteiger partial charge on any atom is 0.415 e. The van der Waals surface area contributed by atoms with E-state index < -0.39 is 0 Å². The predicted octanol–water partition coefficient (Wildman–Crippen LogP) is 2.23. The predicted molar refractivity (Wildman–Crippen MR) is 70.7 cm³/mol. The van der Waals surface area contributed by atoms with Crippen molar-refractivity contribution in [3.05, 3.63) is 29.3 Å². The van der Waals surface area contributed by atoms with Crippen molar-refractivity contribution in [2.24, 2.45) is 5.73 Å². The van der Waals surface area contributed by atoms with Crippen LogP contribution in [0.1, 0.15) is 24.0 Å². The zero-order chi connectivity index (χ0) is 13.1. The van der Waals surface area contributed by atoms with E-state index >= 15 is 0 Å². The number of benzene rings is 1. The van der Waals surface area contributed by atoms with E-state index in [-0.39, 0.29) is 12.1 Å². The number of ether oxygens (including phenoxy) is 1. The van der Waals surface area contributed by atoms with Crippen molar-refractivity contribution in [1.29, 1.82) is 0 Å². The Morgan fingerprint density at radius 2 is 2.22 bits per heavy atom. The summed E-state index contributed by atoms with van der Waals surface area (Å²) in [5.41, 5.74) is 7.99. The Morgan fingerprint density at radius 1 is 1.44 bits per heavy atom. The van der Waals surface area contributed by atoms with E-state index in [2.05, 4.69) is 0 Å². The van der Waals surface area contributed by atoms with Crippen molar-refractivity contribution < 1.29 is 9.53 Å². The second-order valence-corrected chi connectivity index (χ2v) is 4.91. The summed E-state index contributed by atoms with van der Waals surface area (Å²) in [6, 6.07) is 5.80. The molecule has 0 spiro atoms. The number of carbonyl (C=O) groups excluding carboxylic acids is 1. The van der Waals surface area contributed by atoms with E-state index in [4.69, 9.17) is 10.5 Å². The first kappa shape index (κ1) is 12.9. The van der Waals surface area contributed by atoms with E-state index in [1.54, 1.807) is 4.90 Å². The fraction of sp³-hybridized carbons (Fsp3) is 0.500. The van der Waals surface area contributed by atoms with Crippen LogP contribution in [0.5, 0.6) is 5.75 Å². The van der Waals surface area contributed by atoms with Crippen LogP contribution in [0.15, 0.2) is 18.2 Å². The molecule has 1 heterocycles. The van der Waals surface area contributed by atoms with Gasteiger partial charge in [0.05, 0.1) is 0 Å². The Kier molecular flexibility index (Phi) is 3.87. The normalized spacial score (nSPS) is 19.7. The van der Waals surface area contributed by atoms with Crippen LogP contribution in [-0.2, 0) is 0 Å². The summed E-state index contributed by atoms with van der Waals surface area (Å²) in [5, 5.41) is 0. The molecule has 98 valence electrons. The van der Waals surface area contributed by atoms with Gasteiger partial charge in [-0.2, -0.15) is 0 Å². The lowest BCUT2D eigenvalue weighted by Crippen LogP contribution is -2.46. The highest BCUT2D eigenvalue weighted by atomic mass is 16.6. The van der Waals surface area contributed by atoms with Crippen molar-refractivity contribution >= 4 is 6.09 Å². The van der Waals surface area contributed by atoms with Crippen LogP contribution in [0.2, 0.25) is 0 Å². The van der Waals surface area contributed by atoms with E-state index in [1.165, 1.54) is 0 Å². The summed E-state index contributed by atoms with van der Waals surface area (Å²) in [7, 11) is 0. The molecule has 1 aliphatic heterocycles. The first-order chi connectivity index (χ1) is 8.58. The molecule has 0 radical (unpaired) electrons. The molecule has 4 heteroatoms. The van der Waals surface area contributed by atoms with Crippen molar-refractivity contribution in [1.82, 2.24) is 4.90 Å². The Hall–Kier alpha value is -1.55. The van der Waals surface area contributed by atoms with Gasteiger partial charge in [-0.05, 0) is 43.9 Å². The third-order valence-electron chi connectivity index (χ3n) is 3.47. The fourth-order valence-corrected chi connectivity index (χ4v) is 2.17. The number of hydrogen-bond acceptors (Lipinski definition) is 3. The number of hydrogen-bond donors (Lipinski definition) is 1. The summed E-state index contributed by atoms with van der Waals surface area (Å²) in [6.07, 6.45) is 1.63. The maximum absolute atomic E-state index is 12.0. The molecule has 2 N–H and O–H groups in total. The van der Waals surface area contributed by atoms with Gasteiger partial charge in [-0.25, -0.2) is 4.79 Å². The van der Waals surface area contributed by atoms with Crippen molar-refractivity contribution in [2.75, 3.05) is 13.1 Å². The number of carbonyl (C=O) groups is 1. The number of piperidine rings is 1. The van der Waals surface area contributed by atoms with Gasteiger partial charge in [0, 0.05) is 19.1 Å². The monoisotopic (exact) mass is 248 g/mol. The quantitative estimate of drug-likeness (QED) is 0.829. The number of nitrogens with two attached hydrogens (primary N) is 1. The SMILES string of the molecule is Cc1cccc(OC(=O)N2CCCC(N)C2)c1C. The molecular formula is C14H20N2O2. The van der Waals surface area contributed by atoms with Gasteiger partial charge in [0.2, 0.25) is 0 Å². The molecule has 1 saturated heterocycles. The highest BCUT2D eigenvalue weighted by Crippen LogP contribution is 2.22. The highest BCUT2D eigenvalue weighted by Gasteiger charge is 2.23. The van der Waals surface area contributed by atoms with Gasteiger partial charge < -0.3 is 15.4 Å². The lowest BCUT2D eigenvalue weighted by Gasteiger charge is -2.30. The Morgan fingerprint density at radius 3 is 2.94 bits per heavy atom. The summed E-state index contributed by atoms with van der Waals surface area (Å²) in [4.78, 5) is 13.7. The molecule has 4 nitrogen and oxygen atoms in total.